The maximum absolute atomic E-state index is 11.9. The van der Waals surface area contributed by atoms with Crippen LogP contribution < -0.4 is 10.0 Å². The average molecular weight is 291 g/mol. The minimum Gasteiger partial charge on any atom is -0.355 e. The Morgan fingerprint density at radius 2 is 2.00 bits per heavy atom. The Kier molecular flexibility index (Phi) is 5.13. The maximum Gasteiger partial charge on any atom is 0.240 e. The highest BCUT2D eigenvalue weighted by Crippen LogP contribution is 2.19. The number of aryl methyl sites for hydroxylation is 1. The van der Waals surface area contributed by atoms with Gasteiger partial charge in [0, 0.05) is 25.0 Å². The lowest BCUT2D eigenvalue weighted by Crippen LogP contribution is -2.33. The van der Waals surface area contributed by atoms with Gasteiger partial charge < -0.3 is 5.32 Å². The van der Waals surface area contributed by atoms with E-state index in [0.29, 0.717) is 5.02 Å². The molecule has 100 valence electrons. The van der Waals surface area contributed by atoms with Crippen molar-refractivity contribution in [3.8, 4) is 0 Å². The highest BCUT2D eigenvalue weighted by Gasteiger charge is 2.14. The molecule has 1 amide bonds. The molecule has 0 aliphatic carbocycles. The highest BCUT2D eigenvalue weighted by atomic mass is 35.5. The number of carbonyl (C=O) groups excluding carboxylic acids is 1. The van der Waals surface area contributed by atoms with E-state index in [1.54, 1.807) is 13.0 Å². The van der Waals surface area contributed by atoms with Crippen molar-refractivity contribution in [2.24, 2.45) is 0 Å². The van der Waals surface area contributed by atoms with Crippen LogP contribution in [-0.2, 0) is 14.8 Å². The summed E-state index contributed by atoms with van der Waals surface area (Å²) in [7, 11) is -3.58. The molecule has 5 nitrogen and oxygen atoms in total. The third-order valence-corrected chi connectivity index (χ3v) is 4.11. The molecule has 0 aromatic heterocycles. The Morgan fingerprint density at radius 3 is 2.56 bits per heavy atom. The van der Waals surface area contributed by atoms with Crippen molar-refractivity contribution < 1.29 is 13.2 Å². The molecular formula is C11H15ClN2O3S. The zero-order chi connectivity index (χ0) is 13.8. The molecule has 7 heteroatoms. The van der Waals surface area contributed by atoms with Gasteiger partial charge in [-0.25, -0.2) is 13.1 Å². The van der Waals surface area contributed by atoms with Crippen LogP contribution >= 0.6 is 11.6 Å². The van der Waals surface area contributed by atoms with Crippen molar-refractivity contribution in [1.29, 1.82) is 0 Å². The molecule has 1 rings (SSSR count). The average Bonchev–Trinajstić information content (AvgIpc) is 2.28. The Bertz CT molecular complexity index is 543. The third-order valence-electron chi connectivity index (χ3n) is 2.24. The molecule has 0 fully saturated rings. The van der Waals surface area contributed by atoms with Crippen LogP contribution in [0.15, 0.2) is 23.1 Å². The molecule has 1 aromatic carbocycles. The standard InChI is InChI=1S/C11H15ClN2O3S/c1-8-3-4-10(7-11(8)12)18(16,17)14-6-5-13-9(2)15/h3-4,7,14H,5-6H2,1-2H3,(H,13,15). The summed E-state index contributed by atoms with van der Waals surface area (Å²) in [6.45, 7) is 3.54. The SMILES string of the molecule is CC(=O)NCCNS(=O)(=O)c1ccc(C)c(Cl)c1. The number of benzene rings is 1. The van der Waals surface area contributed by atoms with Crippen LogP contribution in [0.2, 0.25) is 5.02 Å². The van der Waals surface area contributed by atoms with E-state index in [1.165, 1.54) is 19.1 Å². The summed E-state index contributed by atoms with van der Waals surface area (Å²) in [5.74, 6) is -0.201. The Labute approximate surface area is 112 Å². The molecule has 18 heavy (non-hydrogen) atoms. The van der Waals surface area contributed by atoms with E-state index in [-0.39, 0.29) is 23.9 Å². The van der Waals surface area contributed by atoms with Gasteiger partial charge >= 0.3 is 0 Å². The van der Waals surface area contributed by atoms with E-state index in [1.807, 2.05) is 0 Å². The molecular weight excluding hydrogens is 276 g/mol. The zero-order valence-corrected chi connectivity index (χ0v) is 11.7. The van der Waals surface area contributed by atoms with Crippen LogP contribution in [-0.4, -0.2) is 27.4 Å². The molecule has 0 aliphatic heterocycles. The van der Waals surface area contributed by atoms with Crippen LogP contribution in [0.5, 0.6) is 0 Å². The largest absolute Gasteiger partial charge is 0.355 e. The number of sulfonamides is 1. The Hall–Kier alpha value is -1.11. The number of hydrogen-bond donors (Lipinski definition) is 2. The maximum atomic E-state index is 11.9. The van der Waals surface area contributed by atoms with Crippen LogP contribution in [0.1, 0.15) is 12.5 Å². The van der Waals surface area contributed by atoms with Gasteiger partial charge in [-0.3, -0.25) is 4.79 Å². The number of carbonyl (C=O) groups is 1. The van der Waals surface area contributed by atoms with Crippen LogP contribution in [0.3, 0.4) is 0 Å². The van der Waals surface area contributed by atoms with E-state index in [0.717, 1.165) is 5.56 Å². The molecule has 0 unspecified atom stereocenters. The smallest absolute Gasteiger partial charge is 0.240 e. The number of nitrogens with one attached hydrogen (secondary N) is 2. The van der Waals surface area contributed by atoms with E-state index in [2.05, 4.69) is 10.0 Å². The summed E-state index contributed by atoms with van der Waals surface area (Å²) in [4.78, 5) is 10.7. The quantitative estimate of drug-likeness (QED) is 0.796. The number of amides is 1. The Morgan fingerprint density at radius 1 is 1.33 bits per heavy atom. The van der Waals surface area contributed by atoms with Crippen molar-refractivity contribution in [3.05, 3.63) is 28.8 Å². The highest BCUT2D eigenvalue weighted by molar-refractivity contribution is 7.89. The van der Waals surface area contributed by atoms with Crippen molar-refractivity contribution in [3.63, 3.8) is 0 Å². The van der Waals surface area contributed by atoms with Crippen LogP contribution in [0, 0.1) is 6.92 Å². The summed E-state index contributed by atoms with van der Waals surface area (Å²) in [5.41, 5.74) is 0.814. The van der Waals surface area contributed by atoms with Gasteiger partial charge in [0.15, 0.2) is 0 Å². The molecule has 0 saturated carbocycles. The van der Waals surface area contributed by atoms with Gasteiger partial charge in [0.25, 0.3) is 0 Å². The third kappa shape index (κ3) is 4.29. The first-order chi connectivity index (χ1) is 8.33. The number of hydrogen-bond acceptors (Lipinski definition) is 3. The topological polar surface area (TPSA) is 75.3 Å². The first-order valence-corrected chi connectivity index (χ1v) is 7.19. The van der Waals surface area contributed by atoms with Crippen LogP contribution in [0.4, 0.5) is 0 Å². The van der Waals surface area contributed by atoms with Crippen molar-refractivity contribution in [2.45, 2.75) is 18.7 Å². The van der Waals surface area contributed by atoms with Crippen LogP contribution in [0.25, 0.3) is 0 Å². The van der Waals surface area contributed by atoms with Gasteiger partial charge in [-0.2, -0.15) is 0 Å². The minimum absolute atomic E-state index is 0.112. The summed E-state index contributed by atoms with van der Waals surface area (Å²) in [6, 6.07) is 4.53. The molecule has 0 atom stereocenters. The van der Waals surface area contributed by atoms with Gasteiger partial charge in [-0.15, -0.1) is 0 Å². The molecule has 0 radical (unpaired) electrons. The summed E-state index contributed by atoms with van der Waals surface area (Å²) < 4.78 is 26.1. The fraction of sp³-hybridized carbons (Fsp3) is 0.364. The van der Waals surface area contributed by atoms with Gasteiger partial charge in [0.2, 0.25) is 15.9 Å². The molecule has 0 bridgehead atoms. The van der Waals surface area contributed by atoms with Gasteiger partial charge in [-0.05, 0) is 24.6 Å². The second-order valence-corrected chi connectivity index (χ2v) is 5.97. The van der Waals surface area contributed by atoms with Gasteiger partial charge in [0.05, 0.1) is 4.90 Å². The number of halogens is 1. The first kappa shape index (κ1) is 14.9. The van der Waals surface area contributed by atoms with Crippen molar-refractivity contribution in [1.82, 2.24) is 10.0 Å². The van der Waals surface area contributed by atoms with Crippen molar-refractivity contribution >= 4 is 27.5 Å². The lowest BCUT2D eigenvalue weighted by atomic mass is 10.2. The molecule has 0 heterocycles. The van der Waals surface area contributed by atoms with Gasteiger partial charge in [-0.1, -0.05) is 17.7 Å². The van der Waals surface area contributed by atoms with Gasteiger partial charge in [0.1, 0.15) is 0 Å². The lowest BCUT2D eigenvalue weighted by molar-refractivity contribution is -0.118. The molecule has 0 aliphatic rings. The summed E-state index contributed by atoms with van der Waals surface area (Å²) >= 11 is 5.87. The fourth-order valence-electron chi connectivity index (χ4n) is 1.25. The predicted octanol–water partition coefficient (Wildman–Crippen LogP) is 1.06. The predicted molar refractivity (Wildman–Crippen MR) is 70.1 cm³/mol. The second-order valence-electron chi connectivity index (χ2n) is 3.79. The Balaban J connectivity index is 2.68. The van der Waals surface area contributed by atoms with E-state index in [9.17, 15) is 13.2 Å². The lowest BCUT2D eigenvalue weighted by Gasteiger charge is -2.08. The first-order valence-electron chi connectivity index (χ1n) is 5.33. The zero-order valence-electron chi connectivity index (χ0n) is 10.2. The monoisotopic (exact) mass is 290 g/mol. The van der Waals surface area contributed by atoms with E-state index in [4.69, 9.17) is 11.6 Å². The fourth-order valence-corrected chi connectivity index (χ4v) is 2.55. The summed E-state index contributed by atoms with van der Waals surface area (Å²) in [6.07, 6.45) is 0. The normalized spacial score (nSPS) is 11.3. The second kappa shape index (κ2) is 6.17. The number of rotatable bonds is 5. The molecule has 1 aromatic rings. The molecule has 0 spiro atoms. The van der Waals surface area contributed by atoms with Crippen molar-refractivity contribution in [2.75, 3.05) is 13.1 Å². The minimum atomic E-state index is -3.58. The van der Waals surface area contributed by atoms with E-state index >= 15 is 0 Å². The van der Waals surface area contributed by atoms with E-state index < -0.39 is 10.0 Å². The summed E-state index contributed by atoms with van der Waals surface area (Å²) in [5, 5.41) is 2.90. The molecule has 2 N–H and O–H groups in total. The molecule has 0 saturated heterocycles.